The van der Waals surface area contributed by atoms with Crippen LogP contribution in [-0.4, -0.2) is 20.4 Å². The van der Waals surface area contributed by atoms with Gasteiger partial charge in [0.25, 0.3) is 0 Å². The summed E-state index contributed by atoms with van der Waals surface area (Å²) in [6.07, 6.45) is -5.03. The van der Waals surface area contributed by atoms with E-state index in [0.717, 1.165) is 0 Å². The zero-order valence-electron chi connectivity index (χ0n) is 5.50. The lowest BCUT2D eigenvalue weighted by molar-refractivity contribution is -0.136. The molecule has 0 amide bonds. The standard InChI is InChI=1S/C4H7Cl2F3OSi/c5-11(6)10-3-1-2-4(7,8)9/h11H,1-3H2. The van der Waals surface area contributed by atoms with Gasteiger partial charge < -0.3 is 4.43 Å². The van der Waals surface area contributed by atoms with E-state index in [1.165, 1.54) is 0 Å². The molecule has 0 aliphatic carbocycles. The van der Waals surface area contributed by atoms with Gasteiger partial charge in [0.1, 0.15) is 0 Å². The second-order valence-corrected chi connectivity index (χ2v) is 5.75. The Labute approximate surface area is 73.6 Å². The summed E-state index contributed by atoms with van der Waals surface area (Å²) in [7, 11) is -2.18. The third-order valence-electron chi connectivity index (χ3n) is 0.848. The minimum absolute atomic E-state index is 0.0105. The quantitative estimate of drug-likeness (QED) is 0.407. The largest absolute Gasteiger partial charge is 0.395 e. The predicted octanol–water partition coefficient (Wildman–Crippen LogP) is 2.54. The van der Waals surface area contributed by atoms with Crippen molar-refractivity contribution in [1.82, 2.24) is 0 Å². The normalized spacial score (nSPS) is 12.5. The number of rotatable bonds is 4. The third-order valence-corrected chi connectivity index (χ3v) is 2.09. The Morgan fingerprint density at radius 3 is 2.18 bits per heavy atom. The molecule has 0 aromatic carbocycles. The fraction of sp³-hybridized carbons (Fsp3) is 1.00. The Bertz CT molecular complexity index is 108. The molecule has 0 saturated carbocycles. The minimum Gasteiger partial charge on any atom is -0.395 e. The maximum Gasteiger partial charge on any atom is 0.389 e. The summed E-state index contributed by atoms with van der Waals surface area (Å²) in [5, 5.41) is 0. The molecule has 11 heavy (non-hydrogen) atoms. The predicted molar refractivity (Wildman–Crippen MR) is 40.1 cm³/mol. The van der Waals surface area contributed by atoms with Crippen LogP contribution in [0.2, 0.25) is 0 Å². The summed E-state index contributed by atoms with van der Waals surface area (Å²) in [4.78, 5) is 0. The SMILES string of the molecule is FC(F)(F)CCCO[SiH](Cl)Cl. The highest BCUT2D eigenvalue weighted by molar-refractivity contribution is 7.30. The molecular weight excluding hydrogens is 220 g/mol. The van der Waals surface area contributed by atoms with E-state index in [0.29, 0.717) is 0 Å². The van der Waals surface area contributed by atoms with E-state index in [9.17, 15) is 13.2 Å². The summed E-state index contributed by atoms with van der Waals surface area (Å²) in [6, 6.07) is 0. The van der Waals surface area contributed by atoms with Gasteiger partial charge in [-0.1, -0.05) is 0 Å². The molecule has 0 aromatic heterocycles. The molecule has 0 N–H and O–H groups in total. The van der Waals surface area contributed by atoms with E-state index in [2.05, 4.69) is 4.43 Å². The highest BCUT2D eigenvalue weighted by Gasteiger charge is 2.26. The second kappa shape index (κ2) is 5.24. The van der Waals surface area contributed by atoms with Crippen LogP contribution in [0.4, 0.5) is 13.2 Å². The third kappa shape index (κ3) is 10.5. The van der Waals surface area contributed by atoms with Crippen molar-refractivity contribution in [3.8, 4) is 0 Å². The van der Waals surface area contributed by atoms with E-state index in [1.54, 1.807) is 0 Å². The molecule has 0 aliphatic rings. The molecule has 0 unspecified atom stereocenters. The van der Waals surface area contributed by atoms with Crippen LogP contribution in [-0.2, 0) is 4.43 Å². The maximum absolute atomic E-state index is 11.5. The number of hydrogen-bond donors (Lipinski definition) is 0. The first kappa shape index (κ1) is 11.5. The molecule has 0 heterocycles. The van der Waals surface area contributed by atoms with Crippen molar-refractivity contribution >= 4 is 29.8 Å². The average Bonchev–Trinajstić information content (AvgIpc) is 1.78. The summed E-state index contributed by atoms with van der Waals surface area (Å²) in [6.45, 7) is -0.0105. The van der Waals surface area contributed by atoms with Gasteiger partial charge in [0.15, 0.2) is 0 Å². The lowest BCUT2D eigenvalue weighted by Crippen LogP contribution is -2.10. The van der Waals surface area contributed by atoms with E-state index in [-0.39, 0.29) is 13.0 Å². The van der Waals surface area contributed by atoms with Gasteiger partial charge in [-0.25, -0.2) is 0 Å². The molecule has 0 radical (unpaired) electrons. The van der Waals surface area contributed by atoms with Crippen LogP contribution in [0.1, 0.15) is 12.8 Å². The molecule has 7 heteroatoms. The molecule has 0 rings (SSSR count). The number of hydrogen-bond acceptors (Lipinski definition) is 1. The molecule has 0 spiro atoms. The Kier molecular flexibility index (Phi) is 5.50. The van der Waals surface area contributed by atoms with Gasteiger partial charge in [0.2, 0.25) is 0 Å². The van der Waals surface area contributed by atoms with Crippen molar-refractivity contribution in [2.24, 2.45) is 0 Å². The monoisotopic (exact) mass is 226 g/mol. The number of alkyl halides is 3. The van der Waals surface area contributed by atoms with Crippen LogP contribution in [0.5, 0.6) is 0 Å². The summed E-state index contributed by atoms with van der Waals surface area (Å²) >= 11 is 10.5. The molecule has 0 saturated heterocycles. The van der Waals surface area contributed by atoms with Crippen LogP contribution in [0.25, 0.3) is 0 Å². The molecule has 0 bridgehead atoms. The van der Waals surface area contributed by atoms with E-state index in [1.807, 2.05) is 0 Å². The molecule has 0 aliphatic heterocycles. The zero-order valence-corrected chi connectivity index (χ0v) is 8.16. The van der Waals surface area contributed by atoms with E-state index in [4.69, 9.17) is 22.2 Å². The van der Waals surface area contributed by atoms with Crippen LogP contribution in [0.3, 0.4) is 0 Å². The van der Waals surface area contributed by atoms with Crippen molar-refractivity contribution in [3.05, 3.63) is 0 Å². The fourth-order valence-electron chi connectivity index (χ4n) is 0.445. The van der Waals surface area contributed by atoms with Gasteiger partial charge >= 0.3 is 13.8 Å². The first-order valence-electron chi connectivity index (χ1n) is 2.88. The topological polar surface area (TPSA) is 9.23 Å². The van der Waals surface area contributed by atoms with Crippen molar-refractivity contribution in [2.75, 3.05) is 6.61 Å². The Hall–Kier alpha value is 0.547. The van der Waals surface area contributed by atoms with Crippen molar-refractivity contribution in [2.45, 2.75) is 19.0 Å². The lowest BCUT2D eigenvalue weighted by Gasteiger charge is -2.06. The highest BCUT2D eigenvalue weighted by Crippen LogP contribution is 2.21. The van der Waals surface area contributed by atoms with E-state index < -0.39 is 20.3 Å². The van der Waals surface area contributed by atoms with Gasteiger partial charge in [-0.15, -0.1) is 22.2 Å². The first-order chi connectivity index (χ1) is 4.92. The van der Waals surface area contributed by atoms with Gasteiger partial charge in [0, 0.05) is 13.0 Å². The molecule has 0 aromatic rings. The van der Waals surface area contributed by atoms with Crippen LogP contribution in [0.15, 0.2) is 0 Å². The summed E-state index contributed by atoms with van der Waals surface area (Å²) < 4.78 is 39.0. The lowest BCUT2D eigenvalue weighted by atomic mass is 10.3. The second-order valence-electron chi connectivity index (χ2n) is 1.85. The van der Waals surface area contributed by atoms with Gasteiger partial charge in [0.05, 0.1) is 0 Å². The Morgan fingerprint density at radius 2 is 1.82 bits per heavy atom. The van der Waals surface area contributed by atoms with Crippen LogP contribution in [0, 0.1) is 0 Å². The van der Waals surface area contributed by atoms with E-state index >= 15 is 0 Å². The van der Waals surface area contributed by atoms with Crippen molar-refractivity contribution in [3.63, 3.8) is 0 Å². The van der Waals surface area contributed by atoms with Gasteiger partial charge in [-0.05, 0) is 6.42 Å². The molecule has 68 valence electrons. The fourth-order valence-corrected chi connectivity index (χ4v) is 1.32. The molecule has 1 nitrogen and oxygen atoms in total. The minimum atomic E-state index is -4.11. The highest BCUT2D eigenvalue weighted by atomic mass is 35.7. The molecular formula is C4H7Cl2F3OSi. The van der Waals surface area contributed by atoms with Gasteiger partial charge in [-0.3, -0.25) is 0 Å². The van der Waals surface area contributed by atoms with Crippen molar-refractivity contribution in [1.29, 1.82) is 0 Å². The van der Waals surface area contributed by atoms with Gasteiger partial charge in [-0.2, -0.15) is 13.2 Å². The maximum atomic E-state index is 11.5. The Balaban J connectivity index is 3.15. The summed E-state index contributed by atoms with van der Waals surface area (Å²) in [5.74, 6) is 0. The zero-order chi connectivity index (χ0) is 8.91. The van der Waals surface area contributed by atoms with Crippen molar-refractivity contribution < 1.29 is 17.6 Å². The number of halogens is 5. The van der Waals surface area contributed by atoms with Crippen LogP contribution >= 0.6 is 22.2 Å². The van der Waals surface area contributed by atoms with Crippen LogP contribution < -0.4 is 0 Å². The Morgan fingerprint density at radius 1 is 1.27 bits per heavy atom. The molecule has 0 fully saturated rings. The average molecular weight is 227 g/mol. The molecule has 0 atom stereocenters. The first-order valence-corrected chi connectivity index (χ1v) is 6.84. The summed E-state index contributed by atoms with van der Waals surface area (Å²) in [5.41, 5.74) is 0. The smallest absolute Gasteiger partial charge is 0.389 e.